The van der Waals surface area contributed by atoms with Crippen molar-refractivity contribution < 1.29 is 4.74 Å². The molecule has 0 bridgehead atoms. The van der Waals surface area contributed by atoms with E-state index in [0.29, 0.717) is 6.04 Å². The summed E-state index contributed by atoms with van der Waals surface area (Å²) < 4.78 is 8.32. The highest BCUT2D eigenvalue weighted by atomic mass is 32.1. The molecule has 0 aliphatic heterocycles. The van der Waals surface area contributed by atoms with Crippen LogP contribution in [-0.2, 0) is 0 Å². The van der Waals surface area contributed by atoms with E-state index in [1.165, 1.54) is 24.8 Å². The Kier molecular flexibility index (Phi) is 2.90. The molecule has 1 aromatic carbocycles. The molecule has 1 aliphatic carbocycles. The number of hydrogen-bond donors (Lipinski definition) is 1. The van der Waals surface area contributed by atoms with Crippen LogP contribution in [-0.4, -0.2) is 16.7 Å². The molecule has 3 rings (SSSR count). The number of aromatic nitrogens is 2. The second-order valence-corrected chi connectivity index (χ2v) is 5.50. The van der Waals surface area contributed by atoms with Gasteiger partial charge in [0.15, 0.2) is 4.77 Å². The molecule has 0 spiro atoms. The van der Waals surface area contributed by atoms with Crippen LogP contribution >= 0.6 is 12.2 Å². The second kappa shape index (κ2) is 4.43. The Bertz CT molecular complexity index is 624. The fraction of sp³-hybridized carbons (Fsp3) is 0.500. The summed E-state index contributed by atoms with van der Waals surface area (Å²) in [5, 5.41) is 0. The molecule has 0 saturated heterocycles. The number of H-pyrrole nitrogens is 1. The lowest BCUT2D eigenvalue weighted by Crippen LogP contribution is -2.22. The summed E-state index contributed by atoms with van der Waals surface area (Å²) in [6.07, 6.45) is 4.01. The summed E-state index contributed by atoms with van der Waals surface area (Å²) in [6.45, 7) is 2.27. The monoisotopic (exact) mass is 262 g/mol. The first kappa shape index (κ1) is 11.8. The van der Waals surface area contributed by atoms with Crippen molar-refractivity contribution in [2.45, 2.75) is 32.2 Å². The Morgan fingerprint density at radius 3 is 2.83 bits per heavy atom. The Morgan fingerprint density at radius 2 is 2.22 bits per heavy atom. The average Bonchev–Trinajstić information content (AvgIpc) is 2.61. The van der Waals surface area contributed by atoms with Crippen LogP contribution in [0.2, 0.25) is 0 Å². The molecular formula is C14H18N2OS. The van der Waals surface area contributed by atoms with Crippen molar-refractivity contribution >= 4 is 23.3 Å². The number of nitrogens with one attached hydrogen (secondary N) is 1. The van der Waals surface area contributed by atoms with Crippen molar-refractivity contribution in [2.24, 2.45) is 5.92 Å². The maximum Gasteiger partial charge on any atom is 0.178 e. The van der Waals surface area contributed by atoms with Gasteiger partial charge in [-0.3, -0.25) is 0 Å². The fourth-order valence-electron chi connectivity index (χ4n) is 2.77. The molecule has 1 heterocycles. The molecular weight excluding hydrogens is 244 g/mol. The van der Waals surface area contributed by atoms with Gasteiger partial charge in [0.1, 0.15) is 5.75 Å². The van der Waals surface area contributed by atoms with E-state index in [0.717, 1.165) is 22.0 Å². The van der Waals surface area contributed by atoms with Gasteiger partial charge in [0.05, 0.1) is 18.1 Å². The van der Waals surface area contributed by atoms with Gasteiger partial charge in [0, 0.05) is 12.1 Å². The molecule has 1 atom stereocenters. The number of fused-ring (bicyclic) bond motifs is 1. The van der Waals surface area contributed by atoms with Crippen LogP contribution in [0.1, 0.15) is 32.2 Å². The van der Waals surface area contributed by atoms with Crippen LogP contribution < -0.4 is 4.74 Å². The van der Waals surface area contributed by atoms with Gasteiger partial charge in [-0.2, -0.15) is 0 Å². The summed E-state index contributed by atoms with van der Waals surface area (Å²) in [6, 6.07) is 6.58. The van der Waals surface area contributed by atoms with Crippen molar-refractivity contribution in [2.75, 3.05) is 7.11 Å². The molecule has 1 aliphatic rings. The number of aromatic amines is 1. The van der Waals surface area contributed by atoms with Crippen LogP contribution in [0.15, 0.2) is 18.2 Å². The topological polar surface area (TPSA) is 29.9 Å². The highest BCUT2D eigenvalue weighted by molar-refractivity contribution is 7.71. The van der Waals surface area contributed by atoms with Crippen LogP contribution in [0.4, 0.5) is 0 Å². The lowest BCUT2D eigenvalue weighted by atomic mass is 9.80. The minimum atomic E-state index is 0.480. The van der Waals surface area contributed by atoms with Gasteiger partial charge in [0.25, 0.3) is 0 Å². The number of methoxy groups -OCH3 is 1. The van der Waals surface area contributed by atoms with Gasteiger partial charge < -0.3 is 14.3 Å². The van der Waals surface area contributed by atoms with Gasteiger partial charge in [-0.05, 0) is 50.0 Å². The van der Waals surface area contributed by atoms with Crippen molar-refractivity contribution in [3.63, 3.8) is 0 Å². The molecule has 1 aromatic heterocycles. The SMILES string of the molecule is COc1ccc2c(c1)[nH]c(=S)n2C(C)C1CCC1. The minimum Gasteiger partial charge on any atom is -0.497 e. The molecule has 3 nitrogen and oxygen atoms in total. The predicted octanol–water partition coefficient (Wildman–Crippen LogP) is 4.07. The third-order valence-corrected chi connectivity index (χ3v) is 4.46. The van der Waals surface area contributed by atoms with Crippen molar-refractivity contribution in [1.29, 1.82) is 0 Å². The largest absolute Gasteiger partial charge is 0.497 e. The number of ether oxygens (including phenoxy) is 1. The number of rotatable bonds is 3. The van der Waals surface area contributed by atoms with Crippen LogP contribution in [0.5, 0.6) is 5.75 Å². The zero-order chi connectivity index (χ0) is 12.7. The average molecular weight is 262 g/mol. The van der Waals surface area contributed by atoms with Crippen LogP contribution in [0, 0.1) is 10.7 Å². The van der Waals surface area contributed by atoms with E-state index in [2.05, 4.69) is 22.5 Å². The summed E-state index contributed by atoms with van der Waals surface area (Å²) in [5.41, 5.74) is 2.24. The first-order valence-electron chi connectivity index (χ1n) is 6.49. The summed E-state index contributed by atoms with van der Waals surface area (Å²) in [4.78, 5) is 3.28. The minimum absolute atomic E-state index is 0.480. The van der Waals surface area contributed by atoms with E-state index in [1.807, 2.05) is 12.1 Å². The van der Waals surface area contributed by atoms with Gasteiger partial charge in [-0.1, -0.05) is 6.42 Å². The molecule has 1 N–H and O–H groups in total. The maximum absolute atomic E-state index is 5.47. The molecule has 2 aromatic rings. The highest BCUT2D eigenvalue weighted by Gasteiger charge is 2.26. The van der Waals surface area contributed by atoms with Gasteiger partial charge in [-0.15, -0.1) is 0 Å². The lowest BCUT2D eigenvalue weighted by Gasteiger charge is -2.32. The number of hydrogen-bond acceptors (Lipinski definition) is 2. The Balaban J connectivity index is 2.10. The van der Waals surface area contributed by atoms with Gasteiger partial charge >= 0.3 is 0 Å². The zero-order valence-electron chi connectivity index (χ0n) is 10.8. The third kappa shape index (κ3) is 1.75. The first-order valence-corrected chi connectivity index (χ1v) is 6.90. The number of benzene rings is 1. The van der Waals surface area contributed by atoms with Crippen LogP contribution in [0.3, 0.4) is 0 Å². The third-order valence-electron chi connectivity index (χ3n) is 4.16. The van der Waals surface area contributed by atoms with Crippen molar-refractivity contribution in [1.82, 2.24) is 9.55 Å². The van der Waals surface area contributed by atoms with Crippen LogP contribution in [0.25, 0.3) is 11.0 Å². The smallest absolute Gasteiger partial charge is 0.178 e. The van der Waals surface area contributed by atoms with E-state index in [9.17, 15) is 0 Å². The molecule has 1 saturated carbocycles. The molecule has 0 radical (unpaired) electrons. The Morgan fingerprint density at radius 1 is 1.44 bits per heavy atom. The molecule has 1 unspecified atom stereocenters. The number of imidazole rings is 1. The first-order chi connectivity index (χ1) is 8.70. The van der Waals surface area contributed by atoms with E-state index in [4.69, 9.17) is 17.0 Å². The zero-order valence-corrected chi connectivity index (χ0v) is 11.6. The summed E-state index contributed by atoms with van der Waals surface area (Å²) in [5.74, 6) is 1.64. The van der Waals surface area contributed by atoms with E-state index in [1.54, 1.807) is 7.11 Å². The van der Waals surface area contributed by atoms with Crippen molar-refractivity contribution in [3.8, 4) is 5.75 Å². The van der Waals surface area contributed by atoms with E-state index >= 15 is 0 Å². The molecule has 18 heavy (non-hydrogen) atoms. The Labute approximate surface area is 112 Å². The molecule has 0 amide bonds. The highest BCUT2D eigenvalue weighted by Crippen LogP contribution is 2.37. The number of nitrogens with zero attached hydrogens (tertiary/aromatic N) is 1. The maximum atomic E-state index is 5.47. The van der Waals surface area contributed by atoms with Gasteiger partial charge in [-0.25, -0.2) is 0 Å². The normalized spacial score (nSPS) is 17.7. The Hall–Kier alpha value is -1.29. The molecule has 96 valence electrons. The fourth-order valence-corrected chi connectivity index (χ4v) is 3.15. The lowest BCUT2D eigenvalue weighted by molar-refractivity contribution is 0.224. The quantitative estimate of drug-likeness (QED) is 0.845. The standard InChI is InChI=1S/C14H18N2OS/c1-9(10-4-3-5-10)16-13-7-6-11(17-2)8-12(13)15-14(16)18/h6-10H,3-5H2,1-2H3,(H,15,18). The summed E-state index contributed by atoms with van der Waals surface area (Å²) in [7, 11) is 1.68. The summed E-state index contributed by atoms with van der Waals surface area (Å²) >= 11 is 5.47. The molecule has 1 fully saturated rings. The van der Waals surface area contributed by atoms with E-state index < -0.39 is 0 Å². The van der Waals surface area contributed by atoms with E-state index in [-0.39, 0.29) is 0 Å². The van der Waals surface area contributed by atoms with Gasteiger partial charge in [0.2, 0.25) is 0 Å². The molecule has 4 heteroatoms. The second-order valence-electron chi connectivity index (χ2n) is 5.11. The predicted molar refractivity (Wildman–Crippen MR) is 75.7 cm³/mol. The van der Waals surface area contributed by atoms with Crippen molar-refractivity contribution in [3.05, 3.63) is 23.0 Å².